The first kappa shape index (κ1) is 22.2. The number of hydrogen-bond acceptors (Lipinski definition) is 7. The number of anilines is 1. The second kappa shape index (κ2) is 9.98. The Kier molecular flexibility index (Phi) is 7.14. The molecule has 0 radical (unpaired) electrons. The minimum atomic E-state index is -1.02. The number of H-pyrrole nitrogens is 1. The number of aliphatic hydroxyl groups is 2. The molecule has 0 fully saturated rings. The highest BCUT2D eigenvalue weighted by atomic mass is 35.5. The summed E-state index contributed by atoms with van der Waals surface area (Å²) in [5.74, 6) is -0.391. The third kappa shape index (κ3) is 5.54. The molecule has 1 atom stereocenters. The van der Waals surface area contributed by atoms with Crippen molar-refractivity contribution in [2.45, 2.75) is 6.10 Å². The molecule has 9 nitrogen and oxygen atoms in total. The molecule has 3 rings (SSSR count). The van der Waals surface area contributed by atoms with Gasteiger partial charge in [0, 0.05) is 39.9 Å². The average Bonchev–Trinajstić information content (AvgIpc) is 2.78. The van der Waals surface area contributed by atoms with E-state index < -0.39 is 24.2 Å². The second-order valence-electron chi connectivity index (χ2n) is 6.65. The van der Waals surface area contributed by atoms with Gasteiger partial charge in [0.25, 0.3) is 11.5 Å². The minimum Gasteiger partial charge on any atom is -0.394 e. The minimum absolute atomic E-state index is 0.0576. The van der Waals surface area contributed by atoms with Gasteiger partial charge in [0.2, 0.25) is 0 Å². The van der Waals surface area contributed by atoms with Crippen LogP contribution in [-0.4, -0.2) is 40.4 Å². The largest absolute Gasteiger partial charge is 0.394 e. The molecular weight excluding hydrogens is 422 g/mol. The zero-order valence-electron chi connectivity index (χ0n) is 16.2. The van der Waals surface area contributed by atoms with E-state index >= 15 is 0 Å². The van der Waals surface area contributed by atoms with Crippen molar-refractivity contribution >= 4 is 39.8 Å². The van der Waals surface area contributed by atoms with Gasteiger partial charge in [-0.2, -0.15) is 5.11 Å². The number of aliphatic hydroxyl groups excluding tert-OH is 2. The summed E-state index contributed by atoms with van der Waals surface area (Å²) in [6, 6.07) is 13.1. The van der Waals surface area contributed by atoms with Crippen LogP contribution < -0.4 is 16.2 Å². The van der Waals surface area contributed by atoms with Crippen LogP contribution in [0, 0.1) is 5.53 Å². The Morgan fingerprint density at radius 3 is 2.65 bits per heavy atom. The van der Waals surface area contributed by atoms with Gasteiger partial charge >= 0.3 is 0 Å². The van der Waals surface area contributed by atoms with Crippen molar-refractivity contribution in [1.29, 1.82) is 5.53 Å². The molecule has 0 spiro atoms. The SMILES string of the molecule is N=N/C(=C\Nc1ccc(C(=O)NC[C@@H](O)CO)cc1)c1cc2cc(Cl)ccc2[nH]c1=O. The van der Waals surface area contributed by atoms with Crippen molar-refractivity contribution < 1.29 is 15.0 Å². The monoisotopic (exact) mass is 441 g/mol. The molecule has 31 heavy (non-hydrogen) atoms. The lowest BCUT2D eigenvalue weighted by atomic mass is 10.1. The van der Waals surface area contributed by atoms with E-state index in [1.54, 1.807) is 48.5 Å². The molecule has 2 aromatic carbocycles. The molecule has 0 saturated heterocycles. The maximum absolute atomic E-state index is 12.4. The number of nitrogens with zero attached hydrogens (tertiary/aromatic N) is 1. The van der Waals surface area contributed by atoms with Gasteiger partial charge in [-0.3, -0.25) is 9.59 Å². The maximum atomic E-state index is 12.4. The predicted octanol–water partition coefficient (Wildman–Crippen LogP) is 2.71. The van der Waals surface area contributed by atoms with Gasteiger partial charge in [-0.05, 0) is 48.5 Å². The van der Waals surface area contributed by atoms with Crippen LogP contribution in [0.15, 0.2) is 64.6 Å². The van der Waals surface area contributed by atoms with E-state index in [2.05, 4.69) is 20.7 Å². The van der Waals surface area contributed by atoms with E-state index in [0.29, 0.717) is 27.2 Å². The number of hydrogen-bond donors (Lipinski definition) is 6. The number of aromatic nitrogens is 1. The highest BCUT2D eigenvalue weighted by molar-refractivity contribution is 6.31. The second-order valence-corrected chi connectivity index (χ2v) is 7.09. The number of halogens is 1. The summed E-state index contributed by atoms with van der Waals surface area (Å²) < 4.78 is 0. The van der Waals surface area contributed by atoms with Gasteiger partial charge in [0.15, 0.2) is 0 Å². The Hall–Kier alpha value is -3.53. The van der Waals surface area contributed by atoms with E-state index in [4.69, 9.17) is 22.2 Å². The van der Waals surface area contributed by atoms with Crippen LogP contribution in [0.2, 0.25) is 5.02 Å². The molecule has 160 valence electrons. The number of nitrogens with one attached hydrogen (secondary N) is 4. The fourth-order valence-electron chi connectivity index (χ4n) is 2.78. The Balaban J connectivity index is 1.76. The summed E-state index contributed by atoms with van der Waals surface area (Å²) in [5, 5.41) is 28.2. The third-order valence-corrected chi connectivity index (χ3v) is 4.67. The standard InChI is InChI=1S/C21H20ClN5O4/c22-14-3-6-18-13(7-14)8-17(21(31)26-18)19(27-23)10-24-15-4-1-12(2-5-15)20(30)25-9-16(29)11-28/h1-8,10,16,23-24,28-29H,9,11H2,(H,25,30)(H,26,31)/b19-10-,27-23?/t16-/m1/s1. The van der Waals surface area contributed by atoms with Crippen molar-refractivity contribution in [2.75, 3.05) is 18.5 Å². The number of aromatic amines is 1. The fraction of sp³-hybridized carbons (Fsp3) is 0.143. The summed E-state index contributed by atoms with van der Waals surface area (Å²) >= 11 is 6.01. The number of amides is 1. The van der Waals surface area contributed by atoms with Crippen LogP contribution in [0.3, 0.4) is 0 Å². The summed E-state index contributed by atoms with van der Waals surface area (Å²) in [6.07, 6.45) is 0.400. The molecule has 0 saturated carbocycles. The van der Waals surface area contributed by atoms with E-state index in [9.17, 15) is 14.7 Å². The highest BCUT2D eigenvalue weighted by Crippen LogP contribution is 2.21. The molecule has 10 heteroatoms. The van der Waals surface area contributed by atoms with Gasteiger partial charge < -0.3 is 25.8 Å². The van der Waals surface area contributed by atoms with Gasteiger partial charge in [-0.15, -0.1) is 0 Å². The Bertz CT molecular complexity index is 1190. The van der Waals surface area contributed by atoms with E-state index in [1.165, 1.54) is 6.20 Å². The summed E-state index contributed by atoms with van der Waals surface area (Å²) in [6.45, 7) is -0.496. The van der Waals surface area contributed by atoms with Crippen LogP contribution >= 0.6 is 11.6 Å². The van der Waals surface area contributed by atoms with Gasteiger partial charge in [0.1, 0.15) is 5.70 Å². The summed E-state index contributed by atoms with van der Waals surface area (Å²) in [5.41, 5.74) is 8.96. The van der Waals surface area contributed by atoms with Crippen molar-refractivity contribution in [1.82, 2.24) is 10.3 Å². The lowest BCUT2D eigenvalue weighted by Crippen LogP contribution is -2.33. The molecule has 1 heterocycles. The third-order valence-electron chi connectivity index (χ3n) is 4.43. The number of fused-ring (bicyclic) bond motifs is 1. The fourth-order valence-corrected chi connectivity index (χ4v) is 2.97. The predicted molar refractivity (Wildman–Crippen MR) is 118 cm³/mol. The number of carbonyl (C=O) groups excluding carboxylic acids is 1. The molecule has 1 aromatic heterocycles. The van der Waals surface area contributed by atoms with Crippen LogP contribution in [0.5, 0.6) is 0 Å². The first-order valence-corrected chi connectivity index (χ1v) is 9.63. The van der Waals surface area contributed by atoms with Crippen LogP contribution in [-0.2, 0) is 0 Å². The Morgan fingerprint density at radius 1 is 1.23 bits per heavy atom. The van der Waals surface area contributed by atoms with E-state index in [0.717, 1.165) is 0 Å². The molecule has 0 bridgehead atoms. The number of pyridine rings is 1. The van der Waals surface area contributed by atoms with Gasteiger partial charge in [-0.1, -0.05) is 11.6 Å². The van der Waals surface area contributed by atoms with Crippen molar-refractivity contribution in [3.05, 3.63) is 81.2 Å². The molecule has 0 aliphatic carbocycles. The van der Waals surface area contributed by atoms with Crippen LogP contribution in [0.4, 0.5) is 5.69 Å². The Morgan fingerprint density at radius 2 is 1.97 bits per heavy atom. The maximum Gasteiger partial charge on any atom is 0.258 e. The smallest absolute Gasteiger partial charge is 0.258 e. The topological polar surface area (TPSA) is 151 Å². The normalized spacial score (nSPS) is 12.4. The van der Waals surface area contributed by atoms with E-state index in [1.807, 2.05) is 0 Å². The molecule has 6 N–H and O–H groups in total. The first-order valence-electron chi connectivity index (χ1n) is 9.25. The molecule has 0 aliphatic rings. The number of benzene rings is 2. The quantitative estimate of drug-likeness (QED) is 0.297. The average molecular weight is 442 g/mol. The van der Waals surface area contributed by atoms with Crippen LogP contribution in [0.25, 0.3) is 16.6 Å². The zero-order valence-corrected chi connectivity index (χ0v) is 17.0. The molecular formula is C21H20ClN5O4. The molecule has 1 amide bonds. The molecule has 0 unspecified atom stereocenters. The van der Waals surface area contributed by atoms with Gasteiger partial charge in [0.05, 0.1) is 18.3 Å². The lowest BCUT2D eigenvalue weighted by molar-refractivity contribution is 0.0802. The summed E-state index contributed by atoms with van der Waals surface area (Å²) in [7, 11) is 0. The van der Waals surface area contributed by atoms with Crippen molar-refractivity contribution in [3.63, 3.8) is 0 Å². The number of carbonyl (C=O) groups is 1. The molecule has 0 aliphatic heterocycles. The highest BCUT2D eigenvalue weighted by Gasteiger charge is 2.10. The first-order chi connectivity index (χ1) is 14.9. The van der Waals surface area contributed by atoms with Crippen LogP contribution in [0.1, 0.15) is 15.9 Å². The molecule has 3 aromatic rings. The van der Waals surface area contributed by atoms with Crippen molar-refractivity contribution in [3.8, 4) is 0 Å². The van der Waals surface area contributed by atoms with Gasteiger partial charge in [-0.25, -0.2) is 5.53 Å². The van der Waals surface area contributed by atoms with Crippen molar-refractivity contribution in [2.24, 2.45) is 5.11 Å². The zero-order chi connectivity index (χ0) is 22.4. The lowest BCUT2D eigenvalue weighted by Gasteiger charge is -2.09. The number of rotatable bonds is 8. The Labute approximate surface area is 181 Å². The van der Waals surface area contributed by atoms with E-state index in [-0.39, 0.29) is 17.8 Å². The summed E-state index contributed by atoms with van der Waals surface area (Å²) in [4.78, 5) is 27.2.